The van der Waals surface area contributed by atoms with Crippen molar-refractivity contribution in [3.05, 3.63) is 12.2 Å². The monoisotopic (exact) mass is 566 g/mol. The minimum absolute atomic E-state index is 0.00783. The van der Waals surface area contributed by atoms with Gasteiger partial charge in [0.1, 0.15) is 0 Å². The summed E-state index contributed by atoms with van der Waals surface area (Å²) in [4.78, 5) is 29.4. The molecule has 0 aromatic heterocycles. The van der Waals surface area contributed by atoms with Crippen LogP contribution in [0.1, 0.15) is 137 Å². The zero-order valence-corrected chi connectivity index (χ0v) is 27.0. The van der Waals surface area contributed by atoms with Crippen LogP contribution in [0.25, 0.3) is 0 Å². The van der Waals surface area contributed by atoms with Gasteiger partial charge in [0.15, 0.2) is 0 Å². The van der Waals surface area contributed by atoms with Gasteiger partial charge >= 0.3 is 0 Å². The second-order valence-corrected chi connectivity index (χ2v) is 12.6. The lowest BCUT2D eigenvalue weighted by Gasteiger charge is -2.41. The van der Waals surface area contributed by atoms with Crippen LogP contribution in [0.3, 0.4) is 0 Å². The fourth-order valence-electron chi connectivity index (χ4n) is 5.81. The predicted molar refractivity (Wildman–Crippen MR) is 169 cm³/mol. The third-order valence-corrected chi connectivity index (χ3v) is 9.96. The molecule has 1 atom stereocenters. The Bertz CT molecular complexity index is 668. The summed E-state index contributed by atoms with van der Waals surface area (Å²) < 4.78 is 0. The lowest BCUT2D eigenvalue weighted by Crippen LogP contribution is -2.46. The molecule has 0 bridgehead atoms. The molecule has 39 heavy (non-hydrogen) atoms. The van der Waals surface area contributed by atoms with Crippen molar-refractivity contribution in [2.24, 2.45) is 5.92 Å². The Hall–Kier alpha value is -1.01. The fourth-order valence-corrected chi connectivity index (χ4v) is 7.08. The molecule has 1 fully saturated rings. The Labute approximate surface area is 245 Å². The topological polar surface area (TPSA) is 60.9 Å². The number of unbranched alkanes of at least 4 members (excludes halogenated alkanes) is 11. The molecule has 6 heteroatoms. The van der Waals surface area contributed by atoms with Gasteiger partial charge in [0.05, 0.1) is 16.6 Å². The van der Waals surface area contributed by atoms with Crippen molar-refractivity contribution < 1.29 is 14.7 Å². The summed E-state index contributed by atoms with van der Waals surface area (Å²) >= 11 is 1.58. The van der Waals surface area contributed by atoms with Crippen LogP contribution in [0.5, 0.6) is 0 Å². The highest BCUT2D eigenvalue weighted by molar-refractivity contribution is 8.00. The molecule has 0 heterocycles. The number of hydrogen-bond acceptors (Lipinski definition) is 4. The summed E-state index contributed by atoms with van der Waals surface area (Å²) in [6.07, 6.45) is 22.8. The molecule has 1 N–H and O–H groups in total. The highest BCUT2D eigenvalue weighted by Crippen LogP contribution is 2.40. The molecular formula is C33H62N2O3S. The SMILES string of the molecule is CCCCCCCCCCCCCC=CC(SCC(=O)N(CC)CC)C1(O)CCC(C(=O)N(CC)CC)CC1. The molecule has 0 saturated heterocycles. The fraction of sp³-hybridized carbons (Fsp3) is 0.879. The van der Waals surface area contributed by atoms with E-state index in [1.54, 1.807) is 11.8 Å². The Balaban J connectivity index is 2.57. The van der Waals surface area contributed by atoms with Crippen molar-refractivity contribution in [3.8, 4) is 0 Å². The van der Waals surface area contributed by atoms with Gasteiger partial charge in [-0.2, -0.15) is 0 Å². The van der Waals surface area contributed by atoms with Crippen LogP contribution in [0.2, 0.25) is 0 Å². The van der Waals surface area contributed by atoms with Crippen LogP contribution in [0.15, 0.2) is 12.2 Å². The van der Waals surface area contributed by atoms with Gasteiger partial charge in [-0.25, -0.2) is 0 Å². The summed E-state index contributed by atoms with van der Waals surface area (Å²) in [5, 5.41) is 11.6. The number of carbonyl (C=O) groups excluding carboxylic acids is 2. The first-order valence-corrected chi connectivity index (χ1v) is 17.5. The van der Waals surface area contributed by atoms with Crippen molar-refractivity contribution in [2.75, 3.05) is 31.9 Å². The van der Waals surface area contributed by atoms with Gasteiger partial charge in [-0.05, 0) is 66.2 Å². The first-order valence-electron chi connectivity index (χ1n) is 16.4. The third kappa shape index (κ3) is 13.9. The molecule has 0 spiro atoms. The largest absolute Gasteiger partial charge is 0.388 e. The summed E-state index contributed by atoms with van der Waals surface area (Å²) in [7, 11) is 0. The number of amides is 2. The van der Waals surface area contributed by atoms with E-state index in [1.807, 2.05) is 37.5 Å². The summed E-state index contributed by atoms with van der Waals surface area (Å²) in [5.41, 5.74) is -0.859. The van der Waals surface area contributed by atoms with E-state index in [2.05, 4.69) is 19.1 Å². The van der Waals surface area contributed by atoms with E-state index in [1.165, 1.54) is 70.6 Å². The van der Waals surface area contributed by atoms with E-state index in [0.717, 1.165) is 32.4 Å². The number of aliphatic hydroxyl groups is 1. The molecule has 1 aliphatic rings. The van der Waals surface area contributed by atoms with Gasteiger partial charge in [-0.15, -0.1) is 11.8 Å². The van der Waals surface area contributed by atoms with E-state index < -0.39 is 5.60 Å². The smallest absolute Gasteiger partial charge is 0.232 e. The maximum Gasteiger partial charge on any atom is 0.232 e. The highest BCUT2D eigenvalue weighted by Gasteiger charge is 2.41. The molecule has 1 rings (SSSR count). The summed E-state index contributed by atoms with van der Waals surface area (Å²) in [6.45, 7) is 13.3. The van der Waals surface area contributed by atoms with E-state index >= 15 is 0 Å². The molecule has 2 amide bonds. The first-order chi connectivity index (χ1) is 18.9. The average Bonchev–Trinajstić information content (AvgIpc) is 2.94. The Morgan fingerprint density at radius 1 is 0.795 bits per heavy atom. The molecule has 1 unspecified atom stereocenters. The molecular weight excluding hydrogens is 504 g/mol. The van der Waals surface area contributed by atoms with Crippen LogP contribution in [0.4, 0.5) is 0 Å². The van der Waals surface area contributed by atoms with E-state index in [0.29, 0.717) is 31.7 Å². The summed E-state index contributed by atoms with van der Waals surface area (Å²) in [6, 6.07) is 0. The highest BCUT2D eigenvalue weighted by atomic mass is 32.2. The molecule has 1 saturated carbocycles. The number of nitrogens with zero attached hydrogens (tertiary/aromatic N) is 2. The lowest BCUT2D eigenvalue weighted by molar-refractivity contribution is -0.138. The average molecular weight is 567 g/mol. The molecule has 1 aliphatic carbocycles. The van der Waals surface area contributed by atoms with Crippen LogP contribution in [-0.4, -0.2) is 69.5 Å². The number of carbonyl (C=O) groups is 2. The number of allylic oxidation sites excluding steroid dienone is 1. The van der Waals surface area contributed by atoms with E-state index in [9.17, 15) is 14.7 Å². The van der Waals surface area contributed by atoms with Gasteiger partial charge in [0, 0.05) is 32.1 Å². The van der Waals surface area contributed by atoms with Gasteiger partial charge in [0.25, 0.3) is 0 Å². The zero-order valence-electron chi connectivity index (χ0n) is 26.2. The zero-order chi connectivity index (χ0) is 28.9. The lowest BCUT2D eigenvalue weighted by atomic mass is 9.76. The Kier molecular flexibility index (Phi) is 20.0. The quantitative estimate of drug-likeness (QED) is 0.107. The van der Waals surface area contributed by atoms with Gasteiger partial charge in [-0.3, -0.25) is 9.59 Å². The number of hydrogen-bond donors (Lipinski definition) is 1. The molecule has 0 aliphatic heterocycles. The van der Waals surface area contributed by atoms with Crippen molar-refractivity contribution in [1.29, 1.82) is 0 Å². The van der Waals surface area contributed by atoms with Gasteiger partial charge in [-0.1, -0.05) is 83.3 Å². The van der Waals surface area contributed by atoms with Crippen LogP contribution < -0.4 is 0 Å². The molecule has 0 aromatic rings. The molecule has 228 valence electrons. The van der Waals surface area contributed by atoms with Crippen molar-refractivity contribution in [2.45, 2.75) is 148 Å². The van der Waals surface area contributed by atoms with Crippen LogP contribution in [-0.2, 0) is 9.59 Å². The molecule has 0 radical (unpaired) electrons. The second kappa shape index (κ2) is 21.7. The normalized spacial score (nSPS) is 20.3. The minimum Gasteiger partial charge on any atom is -0.388 e. The maximum atomic E-state index is 12.9. The van der Waals surface area contributed by atoms with Crippen molar-refractivity contribution >= 4 is 23.6 Å². The Morgan fingerprint density at radius 3 is 1.77 bits per heavy atom. The second-order valence-electron chi connectivity index (χ2n) is 11.4. The number of rotatable bonds is 22. The standard InChI is InChI=1S/C33H62N2O3S/c1-6-11-12-13-14-15-16-17-18-19-20-21-22-23-30(39-28-31(36)34(7-2)8-3)33(38)26-24-29(25-27-33)32(37)35(9-4)10-5/h22-23,29-30,38H,6-21,24-28H2,1-5H3. The number of thioether (sulfide) groups is 1. The Morgan fingerprint density at radius 2 is 1.28 bits per heavy atom. The third-order valence-electron chi connectivity index (χ3n) is 8.59. The predicted octanol–water partition coefficient (Wildman–Crippen LogP) is 8.00. The summed E-state index contributed by atoms with van der Waals surface area (Å²) in [5.74, 6) is 0.769. The molecule has 0 aromatic carbocycles. The van der Waals surface area contributed by atoms with Gasteiger partial charge in [0.2, 0.25) is 11.8 Å². The van der Waals surface area contributed by atoms with Crippen LogP contribution in [0, 0.1) is 5.92 Å². The van der Waals surface area contributed by atoms with Crippen molar-refractivity contribution in [1.82, 2.24) is 9.80 Å². The van der Waals surface area contributed by atoms with Crippen LogP contribution >= 0.6 is 11.8 Å². The van der Waals surface area contributed by atoms with Gasteiger partial charge < -0.3 is 14.9 Å². The first kappa shape index (κ1) is 36.0. The minimum atomic E-state index is -0.859. The van der Waals surface area contributed by atoms with E-state index in [-0.39, 0.29) is 23.0 Å². The van der Waals surface area contributed by atoms with E-state index in [4.69, 9.17) is 0 Å². The maximum absolute atomic E-state index is 12.9. The molecule has 5 nitrogen and oxygen atoms in total. The van der Waals surface area contributed by atoms with Crippen molar-refractivity contribution in [3.63, 3.8) is 0 Å².